The zero-order valence-corrected chi connectivity index (χ0v) is 17.6. The van der Waals surface area contributed by atoms with Crippen LogP contribution >= 0.6 is 0 Å². The molecule has 0 unspecified atom stereocenters. The minimum absolute atomic E-state index is 0.0511. The maximum absolute atomic E-state index is 12.7. The van der Waals surface area contributed by atoms with Crippen LogP contribution in [0, 0.1) is 5.41 Å². The van der Waals surface area contributed by atoms with E-state index in [9.17, 15) is 13.2 Å². The van der Waals surface area contributed by atoms with E-state index in [1.165, 1.54) is 0 Å². The lowest BCUT2D eigenvalue weighted by Gasteiger charge is -2.24. The number of fused-ring (bicyclic) bond motifs is 1. The number of ether oxygens (including phenoxy) is 1. The number of carbonyl (C=O) groups excluding carboxylic acids is 1. The largest absolute Gasteiger partial charge is 0.490 e. The summed E-state index contributed by atoms with van der Waals surface area (Å²) in [5.74, 6) is 0.747. The highest BCUT2D eigenvalue weighted by molar-refractivity contribution is 7.92. The Labute approximate surface area is 166 Å². The van der Waals surface area contributed by atoms with Crippen molar-refractivity contribution in [2.24, 2.45) is 5.41 Å². The summed E-state index contributed by atoms with van der Waals surface area (Å²) >= 11 is 0. The van der Waals surface area contributed by atoms with Crippen molar-refractivity contribution in [3.8, 4) is 5.75 Å². The molecule has 2 aromatic carbocycles. The standard InChI is InChI=1S/C21H26N2O4S/c1-14(2)15-6-9-17(10-7-15)28(25,26)22-16-8-11-18-19(12-16)27-13-21(3,4)20(24)23(18)5/h6-12,14,22H,13H2,1-5H3. The molecule has 7 heteroatoms. The van der Waals surface area contributed by atoms with E-state index >= 15 is 0 Å². The first-order chi connectivity index (χ1) is 13.0. The first kappa shape index (κ1) is 20.2. The Morgan fingerprint density at radius 3 is 2.36 bits per heavy atom. The molecule has 0 fully saturated rings. The van der Waals surface area contributed by atoms with Crippen LogP contribution in [-0.4, -0.2) is 28.0 Å². The Balaban J connectivity index is 1.88. The summed E-state index contributed by atoms with van der Waals surface area (Å²) in [6, 6.07) is 11.8. The number of rotatable bonds is 4. The van der Waals surface area contributed by atoms with Gasteiger partial charge in [-0.2, -0.15) is 0 Å². The third kappa shape index (κ3) is 3.85. The van der Waals surface area contributed by atoms with E-state index in [0.717, 1.165) is 5.56 Å². The van der Waals surface area contributed by atoms with Crippen LogP contribution in [0.3, 0.4) is 0 Å². The monoisotopic (exact) mass is 402 g/mol. The van der Waals surface area contributed by atoms with E-state index < -0.39 is 15.4 Å². The van der Waals surface area contributed by atoms with Gasteiger partial charge in [0.2, 0.25) is 5.91 Å². The first-order valence-corrected chi connectivity index (χ1v) is 10.7. The van der Waals surface area contributed by atoms with Crippen LogP contribution in [0.2, 0.25) is 0 Å². The Morgan fingerprint density at radius 2 is 1.75 bits per heavy atom. The molecule has 0 saturated heterocycles. The molecule has 28 heavy (non-hydrogen) atoms. The predicted octanol–water partition coefficient (Wildman–Crippen LogP) is 3.99. The average molecular weight is 403 g/mol. The number of benzene rings is 2. The lowest BCUT2D eigenvalue weighted by atomic mass is 9.93. The fourth-order valence-corrected chi connectivity index (χ4v) is 4.15. The molecule has 0 saturated carbocycles. The lowest BCUT2D eigenvalue weighted by molar-refractivity contribution is -0.127. The van der Waals surface area contributed by atoms with Crippen molar-refractivity contribution in [3.63, 3.8) is 0 Å². The van der Waals surface area contributed by atoms with Gasteiger partial charge in [0.1, 0.15) is 12.4 Å². The fraction of sp³-hybridized carbons (Fsp3) is 0.381. The second kappa shape index (κ2) is 7.13. The number of hydrogen-bond donors (Lipinski definition) is 1. The van der Waals surface area contributed by atoms with Crippen LogP contribution < -0.4 is 14.4 Å². The van der Waals surface area contributed by atoms with E-state index in [1.54, 1.807) is 42.3 Å². The van der Waals surface area contributed by atoms with Crippen molar-refractivity contribution in [2.45, 2.75) is 38.5 Å². The summed E-state index contributed by atoms with van der Waals surface area (Å²) < 4.78 is 33.8. The SMILES string of the molecule is CC(C)c1ccc(S(=O)(=O)Nc2ccc3c(c2)OCC(C)(C)C(=O)N3C)cc1. The zero-order valence-electron chi connectivity index (χ0n) is 16.8. The van der Waals surface area contributed by atoms with E-state index in [2.05, 4.69) is 18.6 Å². The third-order valence-electron chi connectivity index (χ3n) is 4.90. The van der Waals surface area contributed by atoms with Gasteiger partial charge in [-0.3, -0.25) is 9.52 Å². The molecule has 0 spiro atoms. The number of amides is 1. The van der Waals surface area contributed by atoms with Gasteiger partial charge in [-0.15, -0.1) is 0 Å². The minimum atomic E-state index is -3.72. The predicted molar refractivity (Wildman–Crippen MR) is 110 cm³/mol. The van der Waals surface area contributed by atoms with Crippen LogP contribution in [0.25, 0.3) is 0 Å². The number of sulfonamides is 1. The summed E-state index contributed by atoms with van der Waals surface area (Å²) in [6.45, 7) is 7.97. The fourth-order valence-electron chi connectivity index (χ4n) is 3.10. The minimum Gasteiger partial charge on any atom is -0.490 e. The van der Waals surface area contributed by atoms with Gasteiger partial charge < -0.3 is 9.64 Å². The third-order valence-corrected chi connectivity index (χ3v) is 6.30. The summed E-state index contributed by atoms with van der Waals surface area (Å²) in [5.41, 5.74) is 1.41. The molecule has 0 bridgehead atoms. The van der Waals surface area contributed by atoms with Gasteiger partial charge in [0.15, 0.2) is 0 Å². The molecular formula is C21H26N2O4S. The highest BCUT2D eigenvalue weighted by Gasteiger charge is 2.36. The van der Waals surface area contributed by atoms with Gasteiger partial charge in [-0.05, 0) is 49.6 Å². The molecule has 0 atom stereocenters. The number of hydrogen-bond acceptors (Lipinski definition) is 4. The van der Waals surface area contributed by atoms with Crippen molar-refractivity contribution in [1.29, 1.82) is 0 Å². The second-order valence-electron chi connectivity index (χ2n) is 8.05. The topological polar surface area (TPSA) is 75.7 Å². The van der Waals surface area contributed by atoms with Crippen LogP contribution in [-0.2, 0) is 14.8 Å². The van der Waals surface area contributed by atoms with Crippen molar-refractivity contribution in [3.05, 3.63) is 48.0 Å². The summed E-state index contributed by atoms with van der Waals surface area (Å²) in [4.78, 5) is 14.3. The Bertz CT molecular complexity index is 996. The molecule has 1 N–H and O–H groups in total. The molecule has 1 amide bonds. The molecule has 0 radical (unpaired) electrons. The van der Waals surface area contributed by atoms with Crippen molar-refractivity contribution in [1.82, 2.24) is 0 Å². The summed E-state index contributed by atoms with van der Waals surface area (Å²) in [5, 5.41) is 0. The van der Waals surface area contributed by atoms with Gasteiger partial charge in [-0.25, -0.2) is 8.42 Å². The molecule has 3 rings (SSSR count). The number of anilines is 2. The number of carbonyl (C=O) groups is 1. The van der Waals surface area contributed by atoms with Gasteiger partial charge in [-0.1, -0.05) is 26.0 Å². The van der Waals surface area contributed by atoms with Gasteiger partial charge in [0, 0.05) is 13.1 Å². The first-order valence-electron chi connectivity index (χ1n) is 9.19. The van der Waals surface area contributed by atoms with E-state index in [-0.39, 0.29) is 17.4 Å². The van der Waals surface area contributed by atoms with Gasteiger partial charge in [0.25, 0.3) is 10.0 Å². The lowest BCUT2D eigenvalue weighted by Crippen LogP contribution is -2.39. The van der Waals surface area contributed by atoms with Gasteiger partial charge in [0.05, 0.1) is 21.7 Å². The van der Waals surface area contributed by atoms with Crippen LogP contribution in [0.1, 0.15) is 39.2 Å². The molecule has 150 valence electrons. The molecular weight excluding hydrogens is 376 g/mol. The summed E-state index contributed by atoms with van der Waals surface area (Å²) in [6.07, 6.45) is 0. The number of nitrogens with zero attached hydrogens (tertiary/aromatic N) is 1. The molecule has 1 aliphatic rings. The van der Waals surface area contributed by atoms with E-state index in [0.29, 0.717) is 23.0 Å². The van der Waals surface area contributed by atoms with E-state index in [4.69, 9.17) is 4.74 Å². The quantitative estimate of drug-likeness (QED) is 0.839. The Morgan fingerprint density at radius 1 is 1.11 bits per heavy atom. The molecule has 1 aliphatic heterocycles. The Kier molecular flexibility index (Phi) is 5.14. The van der Waals surface area contributed by atoms with Crippen molar-refractivity contribution in [2.75, 3.05) is 23.3 Å². The maximum atomic E-state index is 12.7. The van der Waals surface area contributed by atoms with Crippen LogP contribution in [0.5, 0.6) is 5.75 Å². The molecule has 1 heterocycles. The van der Waals surface area contributed by atoms with Crippen LogP contribution in [0.4, 0.5) is 11.4 Å². The van der Waals surface area contributed by atoms with Crippen molar-refractivity contribution < 1.29 is 17.9 Å². The highest BCUT2D eigenvalue weighted by atomic mass is 32.2. The second-order valence-corrected chi connectivity index (χ2v) is 9.73. The van der Waals surface area contributed by atoms with Crippen molar-refractivity contribution >= 4 is 27.3 Å². The molecule has 2 aromatic rings. The Hall–Kier alpha value is -2.54. The maximum Gasteiger partial charge on any atom is 0.261 e. The van der Waals surface area contributed by atoms with Gasteiger partial charge >= 0.3 is 0 Å². The average Bonchev–Trinajstić information content (AvgIpc) is 2.72. The molecule has 6 nitrogen and oxygen atoms in total. The van der Waals surface area contributed by atoms with E-state index in [1.807, 2.05) is 26.0 Å². The summed E-state index contributed by atoms with van der Waals surface area (Å²) in [7, 11) is -2.03. The smallest absolute Gasteiger partial charge is 0.261 e. The number of nitrogens with one attached hydrogen (secondary N) is 1. The molecule has 0 aromatic heterocycles. The normalized spacial score (nSPS) is 16.4. The van der Waals surface area contributed by atoms with Crippen LogP contribution in [0.15, 0.2) is 47.4 Å². The zero-order chi connectivity index (χ0) is 20.7. The highest BCUT2D eigenvalue weighted by Crippen LogP contribution is 2.37. The molecule has 0 aliphatic carbocycles.